The minimum absolute atomic E-state index is 0.0266. The number of aryl methyl sites for hydroxylation is 1. The average Bonchev–Trinajstić information content (AvgIpc) is 3.19. The second-order valence-corrected chi connectivity index (χ2v) is 11.8. The topological polar surface area (TPSA) is 185 Å². The maximum atomic E-state index is 14.1. The van der Waals surface area contributed by atoms with Gasteiger partial charge in [-0.25, -0.2) is 0 Å². The molecule has 1 heterocycles. The number of carbonyl (C=O) groups excluding carboxylic acids is 3. The molecule has 2 aromatic rings. The lowest BCUT2D eigenvalue weighted by Crippen LogP contribution is -2.65. The van der Waals surface area contributed by atoms with E-state index in [1.807, 2.05) is 32.0 Å². The summed E-state index contributed by atoms with van der Waals surface area (Å²) in [5.74, 6) is -6.78. The molecule has 1 fully saturated rings. The molecule has 3 aliphatic rings. The van der Waals surface area contributed by atoms with Crippen molar-refractivity contribution in [1.29, 1.82) is 0 Å². The van der Waals surface area contributed by atoms with Gasteiger partial charge in [0, 0.05) is 48.7 Å². The van der Waals surface area contributed by atoms with Crippen LogP contribution in [0.2, 0.25) is 0 Å². The lowest BCUT2D eigenvalue weighted by molar-refractivity contribution is -0.153. The van der Waals surface area contributed by atoms with Crippen LogP contribution in [0.3, 0.4) is 0 Å². The van der Waals surface area contributed by atoms with Crippen LogP contribution in [0.15, 0.2) is 29.2 Å². The minimum atomic E-state index is -2.68. The Morgan fingerprint density at radius 1 is 1.22 bits per heavy atom. The Bertz CT molecular complexity index is 1650. The summed E-state index contributed by atoms with van der Waals surface area (Å²) < 4.78 is 2.22. The van der Waals surface area contributed by atoms with E-state index < -0.39 is 58.0 Å². The van der Waals surface area contributed by atoms with E-state index >= 15 is 0 Å². The number of carbonyl (C=O) groups is 3. The number of rotatable bonds is 5. The molecule has 41 heavy (non-hydrogen) atoms. The zero-order chi connectivity index (χ0) is 30.3. The number of aliphatic hydroxyl groups is 3. The van der Waals surface area contributed by atoms with Crippen molar-refractivity contribution in [3.63, 3.8) is 0 Å². The van der Waals surface area contributed by atoms with E-state index in [1.165, 1.54) is 4.90 Å². The Morgan fingerprint density at radius 3 is 2.41 bits per heavy atom. The molecule has 1 saturated carbocycles. The zero-order valence-corrected chi connectivity index (χ0v) is 24.2. The van der Waals surface area contributed by atoms with Crippen LogP contribution >= 0.6 is 12.2 Å². The van der Waals surface area contributed by atoms with E-state index in [2.05, 4.69) is 4.98 Å². The molecule has 1 amide bonds. The number of hydrogen-bond acceptors (Lipinski definition) is 10. The van der Waals surface area contributed by atoms with Crippen molar-refractivity contribution in [3.8, 4) is 5.75 Å². The number of anilines is 1. The molecule has 12 nitrogen and oxygen atoms in total. The van der Waals surface area contributed by atoms with E-state index in [1.54, 1.807) is 24.9 Å². The van der Waals surface area contributed by atoms with E-state index in [9.17, 15) is 34.8 Å². The Morgan fingerprint density at radius 2 is 1.88 bits per heavy atom. The smallest absolute Gasteiger partial charge is 0.255 e. The van der Waals surface area contributed by atoms with Crippen molar-refractivity contribution in [2.45, 2.75) is 38.0 Å². The molecule has 0 saturated heterocycles. The number of nitrogens with two attached hydrogens (primary N) is 1. The van der Waals surface area contributed by atoms with Gasteiger partial charge in [0.15, 0.2) is 16.2 Å². The number of aromatic amines is 1. The predicted octanol–water partition coefficient (Wildman–Crippen LogP) is 1.25. The molecule has 0 spiro atoms. The van der Waals surface area contributed by atoms with E-state index in [-0.39, 0.29) is 36.3 Å². The average molecular weight is 584 g/mol. The first-order valence-corrected chi connectivity index (χ1v) is 13.5. The molecule has 3 aliphatic carbocycles. The number of benzene rings is 1. The van der Waals surface area contributed by atoms with Gasteiger partial charge in [0.1, 0.15) is 22.8 Å². The molecule has 0 radical (unpaired) electrons. The maximum absolute atomic E-state index is 14.1. The van der Waals surface area contributed by atoms with Crippen molar-refractivity contribution < 1.29 is 34.8 Å². The summed E-state index contributed by atoms with van der Waals surface area (Å²) >= 11 is 5.37. The lowest BCUT2D eigenvalue weighted by Gasteiger charge is -2.50. The third kappa shape index (κ3) is 3.94. The Balaban J connectivity index is 1.74. The Labute approximate surface area is 241 Å². The summed E-state index contributed by atoms with van der Waals surface area (Å²) in [4.78, 5) is 45.8. The maximum Gasteiger partial charge on any atom is 0.255 e. The molecule has 0 unspecified atom stereocenters. The number of nitrogens with one attached hydrogen (secondary N) is 1. The number of aliphatic hydroxyl groups excluding tert-OH is 2. The quantitative estimate of drug-likeness (QED) is 0.221. The third-order valence-corrected chi connectivity index (χ3v) is 9.00. The van der Waals surface area contributed by atoms with Gasteiger partial charge in [-0.05, 0) is 63.6 Å². The number of primary amides is 1. The van der Waals surface area contributed by atoms with Crippen LogP contribution < -0.4 is 10.6 Å². The molecular formula is C28H33N5O7S. The van der Waals surface area contributed by atoms with Crippen LogP contribution in [-0.2, 0) is 27.3 Å². The highest BCUT2D eigenvalue weighted by Crippen LogP contribution is 2.54. The number of Topliss-reactive ketones (excluding diaryl/α,β-unsaturated/α-hetero) is 2. The number of nitrogens with zero attached hydrogens (tertiary/aromatic N) is 3. The fraction of sp³-hybridized carbons (Fsp3) is 0.429. The number of H-pyrrole nitrogens is 1. The highest BCUT2D eigenvalue weighted by atomic mass is 32.1. The highest BCUT2D eigenvalue weighted by Gasteiger charge is 2.64. The first-order valence-electron chi connectivity index (χ1n) is 13.1. The first-order chi connectivity index (χ1) is 19.1. The van der Waals surface area contributed by atoms with E-state index in [4.69, 9.17) is 18.0 Å². The fourth-order valence-electron chi connectivity index (χ4n) is 6.71. The number of hydrogen-bond donors (Lipinski definition) is 6. The molecular weight excluding hydrogens is 550 g/mol. The molecule has 1 aromatic heterocycles. The van der Waals surface area contributed by atoms with Crippen LogP contribution in [0, 0.1) is 23.5 Å². The molecule has 218 valence electrons. The SMILES string of the molecule is Cc1c[nH]c(=S)n1Cc1cc(N(C)C)c2c(c1O)C(O)=C1C(=O)[C@]3(O)C(O)=C(C(N)=O)C(=O)[C@H](N(C)C)[C@@H]3C[C@@H]1C2. The monoisotopic (exact) mass is 583 g/mol. The van der Waals surface area contributed by atoms with E-state index in [0.717, 1.165) is 5.69 Å². The number of fused-ring (bicyclic) bond motifs is 3. The summed E-state index contributed by atoms with van der Waals surface area (Å²) in [7, 11) is 6.77. The van der Waals surface area contributed by atoms with Gasteiger partial charge in [-0.2, -0.15) is 0 Å². The normalized spacial score (nSPS) is 25.8. The van der Waals surface area contributed by atoms with Gasteiger partial charge in [0.2, 0.25) is 5.78 Å². The molecule has 1 aromatic carbocycles. The number of aromatic hydroxyl groups is 1. The zero-order valence-electron chi connectivity index (χ0n) is 23.3. The number of phenolic OH excluding ortho intramolecular Hbond substituents is 1. The van der Waals surface area contributed by atoms with Crippen molar-refractivity contribution >= 4 is 41.1 Å². The molecule has 7 N–H and O–H groups in total. The fourth-order valence-corrected chi connectivity index (χ4v) is 6.98. The van der Waals surface area contributed by atoms with Gasteiger partial charge in [-0.3, -0.25) is 19.3 Å². The summed E-state index contributed by atoms with van der Waals surface area (Å²) in [6, 6.07) is 0.674. The van der Waals surface area contributed by atoms with Gasteiger partial charge in [0.05, 0.1) is 18.2 Å². The van der Waals surface area contributed by atoms with Gasteiger partial charge in [-0.15, -0.1) is 0 Å². The molecule has 5 rings (SSSR count). The summed E-state index contributed by atoms with van der Waals surface area (Å²) in [5.41, 5.74) is 4.27. The number of ketones is 2. The Hall–Kier alpha value is -3.94. The summed E-state index contributed by atoms with van der Waals surface area (Å²) in [5, 5.41) is 45.9. The number of likely N-dealkylation sites (N-methyl/N-ethyl adjacent to an activating group) is 1. The van der Waals surface area contributed by atoms with Crippen molar-refractivity contribution in [3.05, 3.63) is 56.3 Å². The second-order valence-electron chi connectivity index (χ2n) is 11.4. The standard InChI is InChI=1S/C28H33N5O7S/c1-11-9-30-27(41)33(11)10-13-8-16(31(2)3)14-6-12-7-15-20(32(4)5)23(36)19(26(29)39)25(38)28(15,40)24(37)17(12)22(35)18(14)21(13)34/h8-9,12,15,20,34-35,38,40H,6-7,10H2,1-5H3,(H2,29,39)(H,30,41)/t12-,15-,20+,28-/m0/s1. The largest absolute Gasteiger partial charge is 0.508 e. The molecule has 4 atom stereocenters. The number of imidazole rings is 1. The number of amides is 1. The van der Waals surface area contributed by atoms with Gasteiger partial charge in [-0.1, -0.05) is 0 Å². The third-order valence-electron chi connectivity index (χ3n) is 8.66. The molecule has 13 heteroatoms. The van der Waals surface area contributed by atoms with Crippen LogP contribution in [-0.4, -0.2) is 92.2 Å². The number of aromatic nitrogens is 2. The summed E-state index contributed by atoms with van der Waals surface area (Å²) in [6.45, 7) is 2.03. The van der Waals surface area contributed by atoms with Crippen LogP contribution in [0.4, 0.5) is 5.69 Å². The molecule has 0 aliphatic heterocycles. The van der Waals surface area contributed by atoms with Gasteiger partial charge >= 0.3 is 0 Å². The van der Waals surface area contributed by atoms with E-state index in [0.29, 0.717) is 21.6 Å². The van der Waals surface area contributed by atoms with Gasteiger partial charge < -0.3 is 40.6 Å². The van der Waals surface area contributed by atoms with Crippen molar-refractivity contribution in [1.82, 2.24) is 14.5 Å². The predicted molar refractivity (Wildman–Crippen MR) is 152 cm³/mol. The van der Waals surface area contributed by atoms with Crippen LogP contribution in [0.5, 0.6) is 5.75 Å². The lowest BCUT2D eigenvalue weighted by atomic mass is 9.57. The second kappa shape index (κ2) is 9.57. The Kier molecular flexibility index (Phi) is 6.67. The van der Waals surface area contributed by atoms with Crippen LogP contribution in [0.25, 0.3) is 5.76 Å². The van der Waals surface area contributed by atoms with Crippen molar-refractivity contribution in [2.24, 2.45) is 17.6 Å². The summed E-state index contributed by atoms with van der Waals surface area (Å²) in [6.07, 6.45) is 1.97. The first kappa shape index (κ1) is 28.6. The minimum Gasteiger partial charge on any atom is -0.508 e. The molecule has 0 bridgehead atoms. The van der Waals surface area contributed by atoms with Crippen LogP contribution in [0.1, 0.15) is 28.8 Å². The number of phenols is 1. The van der Waals surface area contributed by atoms with Crippen molar-refractivity contribution in [2.75, 3.05) is 33.1 Å². The highest BCUT2D eigenvalue weighted by molar-refractivity contribution is 7.71. The van der Waals surface area contributed by atoms with Gasteiger partial charge in [0.25, 0.3) is 5.91 Å².